The van der Waals surface area contributed by atoms with E-state index < -0.39 is 0 Å². The molecular formula is C11H18N2. The molecule has 2 aliphatic carbocycles. The van der Waals surface area contributed by atoms with Crippen LogP contribution in [0.2, 0.25) is 0 Å². The van der Waals surface area contributed by atoms with E-state index in [9.17, 15) is 0 Å². The van der Waals surface area contributed by atoms with Crippen LogP contribution in [0.5, 0.6) is 0 Å². The number of rotatable bonds is 1. The van der Waals surface area contributed by atoms with Crippen molar-refractivity contribution < 1.29 is 0 Å². The molecule has 1 N–H and O–H groups in total. The molecule has 2 rings (SSSR count). The van der Waals surface area contributed by atoms with Gasteiger partial charge in [-0.2, -0.15) is 5.26 Å². The van der Waals surface area contributed by atoms with Crippen molar-refractivity contribution in [2.45, 2.75) is 46.1 Å². The molecular weight excluding hydrogens is 160 g/mol. The first kappa shape index (κ1) is 8.87. The highest BCUT2D eigenvalue weighted by Gasteiger charge is 2.59. The fourth-order valence-corrected chi connectivity index (χ4v) is 3.73. The van der Waals surface area contributed by atoms with Crippen LogP contribution < -0.4 is 5.32 Å². The molecule has 2 heteroatoms. The Balaban J connectivity index is 2.29. The van der Waals surface area contributed by atoms with Crippen LogP contribution in [0.3, 0.4) is 0 Å². The predicted octanol–water partition coefficient (Wildman–Crippen LogP) is 2.27. The molecule has 2 fully saturated rings. The van der Waals surface area contributed by atoms with Crippen LogP contribution in [0.25, 0.3) is 0 Å². The lowest BCUT2D eigenvalue weighted by Gasteiger charge is -2.41. The third-order valence-electron chi connectivity index (χ3n) is 4.48. The predicted molar refractivity (Wildman–Crippen MR) is 51.8 cm³/mol. The van der Waals surface area contributed by atoms with Gasteiger partial charge in [0.2, 0.25) is 0 Å². The molecule has 0 aliphatic heterocycles. The number of hydrogen-bond donors (Lipinski definition) is 1. The van der Waals surface area contributed by atoms with Crippen molar-refractivity contribution >= 4 is 0 Å². The standard InChI is InChI=1S/C11H18N2/c1-10(2)8-4-5-11(3,6-8)9(10)13-7-12/h8-9,13H,4-6H2,1-3H3. The Bertz CT molecular complexity index is 259. The molecule has 0 amide bonds. The number of nitrogens with zero attached hydrogens (tertiary/aromatic N) is 1. The highest BCUT2D eigenvalue weighted by molar-refractivity contribution is 5.13. The van der Waals surface area contributed by atoms with E-state index in [0.29, 0.717) is 16.9 Å². The smallest absolute Gasteiger partial charge is 0.176 e. The minimum absolute atomic E-state index is 0.308. The lowest BCUT2D eigenvalue weighted by Crippen LogP contribution is -2.48. The van der Waals surface area contributed by atoms with Gasteiger partial charge in [-0.1, -0.05) is 20.8 Å². The molecule has 0 aromatic heterocycles. The molecule has 72 valence electrons. The average molecular weight is 178 g/mol. The first-order chi connectivity index (χ1) is 6.00. The highest BCUT2D eigenvalue weighted by Crippen LogP contribution is 2.62. The van der Waals surface area contributed by atoms with Crippen molar-refractivity contribution in [1.29, 1.82) is 5.26 Å². The van der Waals surface area contributed by atoms with Crippen molar-refractivity contribution in [1.82, 2.24) is 5.32 Å². The summed E-state index contributed by atoms with van der Waals surface area (Å²) in [6, 6.07) is 0.392. The van der Waals surface area contributed by atoms with E-state index >= 15 is 0 Å². The van der Waals surface area contributed by atoms with Gasteiger partial charge >= 0.3 is 0 Å². The van der Waals surface area contributed by atoms with E-state index in [1.54, 1.807) is 0 Å². The van der Waals surface area contributed by atoms with Gasteiger partial charge < -0.3 is 5.32 Å². The molecule has 2 aliphatic rings. The lowest BCUT2D eigenvalue weighted by atomic mass is 9.68. The molecule has 0 aromatic carbocycles. The molecule has 0 radical (unpaired) electrons. The molecule has 0 saturated heterocycles. The van der Waals surface area contributed by atoms with E-state index in [1.807, 2.05) is 0 Å². The van der Waals surface area contributed by atoms with Gasteiger partial charge in [0.05, 0.1) is 0 Å². The number of nitriles is 1. The summed E-state index contributed by atoms with van der Waals surface area (Å²) in [6.45, 7) is 6.94. The third kappa shape index (κ3) is 0.995. The summed E-state index contributed by atoms with van der Waals surface area (Å²) in [5.74, 6) is 0.823. The molecule has 0 aromatic rings. The molecule has 3 atom stereocenters. The Morgan fingerprint density at radius 2 is 2.08 bits per heavy atom. The zero-order valence-electron chi connectivity index (χ0n) is 8.72. The number of fused-ring (bicyclic) bond motifs is 2. The normalized spacial score (nSPS) is 46.0. The van der Waals surface area contributed by atoms with Gasteiger partial charge in [0.1, 0.15) is 0 Å². The third-order valence-corrected chi connectivity index (χ3v) is 4.48. The van der Waals surface area contributed by atoms with E-state index in [0.717, 1.165) is 5.92 Å². The first-order valence-corrected chi connectivity index (χ1v) is 5.15. The summed E-state index contributed by atoms with van der Waals surface area (Å²) in [5, 5.41) is 11.8. The van der Waals surface area contributed by atoms with Crippen LogP contribution in [0.4, 0.5) is 0 Å². The van der Waals surface area contributed by atoms with Gasteiger partial charge in [0.15, 0.2) is 6.19 Å². The number of hydrogen-bond acceptors (Lipinski definition) is 2. The van der Waals surface area contributed by atoms with Crippen LogP contribution in [-0.2, 0) is 0 Å². The van der Waals surface area contributed by atoms with Crippen LogP contribution in [0.15, 0.2) is 0 Å². The molecule has 2 bridgehead atoms. The van der Waals surface area contributed by atoms with Crippen molar-refractivity contribution in [2.75, 3.05) is 0 Å². The number of nitrogens with one attached hydrogen (secondary N) is 1. The fraction of sp³-hybridized carbons (Fsp3) is 0.909. The van der Waals surface area contributed by atoms with Gasteiger partial charge in [-0.15, -0.1) is 0 Å². The van der Waals surface area contributed by atoms with Crippen molar-refractivity contribution in [3.63, 3.8) is 0 Å². The summed E-state index contributed by atoms with van der Waals surface area (Å²) >= 11 is 0. The van der Waals surface area contributed by atoms with Crippen molar-refractivity contribution in [2.24, 2.45) is 16.7 Å². The second-order valence-electron chi connectivity index (χ2n) is 5.60. The molecule has 0 spiro atoms. The second-order valence-corrected chi connectivity index (χ2v) is 5.60. The van der Waals surface area contributed by atoms with Gasteiger partial charge in [-0.3, -0.25) is 0 Å². The van der Waals surface area contributed by atoms with Gasteiger partial charge in [-0.05, 0) is 36.0 Å². The molecule has 3 unspecified atom stereocenters. The zero-order chi connectivity index (χ0) is 9.69. The Hall–Kier alpha value is -0.710. The Labute approximate surface area is 80.3 Å². The summed E-state index contributed by atoms with van der Waals surface area (Å²) < 4.78 is 0. The maximum Gasteiger partial charge on any atom is 0.176 e. The second kappa shape index (κ2) is 2.41. The largest absolute Gasteiger partial charge is 0.320 e. The van der Waals surface area contributed by atoms with Crippen LogP contribution in [-0.4, -0.2) is 6.04 Å². The van der Waals surface area contributed by atoms with Crippen LogP contribution in [0.1, 0.15) is 40.0 Å². The van der Waals surface area contributed by atoms with Crippen LogP contribution >= 0.6 is 0 Å². The zero-order valence-corrected chi connectivity index (χ0v) is 8.72. The van der Waals surface area contributed by atoms with Crippen molar-refractivity contribution in [3.05, 3.63) is 0 Å². The maximum atomic E-state index is 8.74. The lowest BCUT2D eigenvalue weighted by molar-refractivity contribution is 0.122. The molecule has 2 nitrogen and oxygen atoms in total. The van der Waals surface area contributed by atoms with E-state index in [4.69, 9.17) is 5.26 Å². The topological polar surface area (TPSA) is 35.8 Å². The summed E-state index contributed by atoms with van der Waals surface area (Å²) in [7, 11) is 0. The van der Waals surface area contributed by atoms with Gasteiger partial charge in [-0.25, -0.2) is 0 Å². The Kier molecular flexibility index (Phi) is 1.64. The monoisotopic (exact) mass is 178 g/mol. The minimum Gasteiger partial charge on any atom is -0.320 e. The fourth-order valence-electron chi connectivity index (χ4n) is 3.73. The highest BCUT2D eigenvalue weighted by atomic mass is 15.0. The first-order valence-electron chi connectivity index (χ1n) is 5.15. The maximum absolute atomic E-state index is 8.74. The minimum atomic E-state index is 0.308. The van der Waals surface area contributed by atoms with Gasteiger partial charge in [0, 0.05) is 6.04 Å². The van der Waals surface area contributed by atoms with Crippen molar-refractivity contribution in [3.8, 4) is 6.19 Å². The van der Waals surface area contributed by atoms with E-state index in [1.165, 1.54) is 19.3 Å². The van der Waals surface area contributed by atoms with Crippen LogP contribution in [0, 0.1) is 28.2 Å². The molecule has 0 heterocycles. The van der Waals surface area contributed by atoms with E-state index in [-0.39, 0.29) is 0 Å². The Morgan fingerprint density at radius 3 is 2.54 bits per heavy atom. The Morgan fingerprint density at radius 1 is 1.38 bits per heavy atom. The SMILES string of the molecule is CC12CCC(C1)C(C)(C)C2NC#N. The summed E-state index contributed by atoms with van der Waals surface area (Å²) in [4.78, 5) is 0. The van der Waals surface area contributed by atoms with E-state index in [2.05, 4.69) is 32.3 Å². The van der Waals surface area contributed by atoms with Gasteiger partial charge in [0.25, 0.3) is 0 Å². The summed E-state index contributed by atoms with van der Waals surface area (Å²) in [5.41, 5.74) is 0.687. The summed E-state index contributed by atoms with van der Waals surface area (Å²) in [6.07, 6.45) is 6.08. The average Bonchev–Trinajstić information content (AvgIpc) is 2.50. The quantitative estimate of drug-likeness (QED) is 0.494. The molecule has 13 heavy (non-hydrogen) atoms. The molecule has 2 saturated carbocycles.